The van der Waals surface area contributed by atoms with Crippen LogP contribution in [0.5, 0.6) is 0 Å². The number of nitrogens with one attached hydrogen (secondary N) is 1. The highest BCUT2D eigenvalue weighted by molar-refractivity contribution is 7.89. The molecule has 1 aromatic carbocycles. The van der Waals surface area contributed by atoms with E-state index in [1.54, 1.807) is 6.92 Å². The minimum absolute atomic E-state index is 0.298. The van der Waals surface area contributed by atoms with Crippen LogP contribution in [0.25, 0.3) is 0 Å². The van der Waals surface area contributed by atoms with Crippen molar-refractivity contribution in [1.29, 1.82) is 0 Å². The minimum Gasteiger partial charge on any atom is -0.258 e. The number of nitro benzene ring substituents is 1. The Morgan fingerprint density at radius 2 is 1.91 bits per heavy atom. The van der Waals surface area contributed by atoms with Gasteiger partial charge in [-0.05, 0) is 31.4 Å². The summed E-state index contributed by atoms with van der Waals surface area (Å²) in [6.07, 6.45) is 2.54. The van der Waals surface area contributed by atoms with Crippen LogP contribution in [0.1, 0.15) is 40.0 Å². The van der Waals surface area contributed by atoms with Crippen molar-refractivity contribution < 1.29 is 17.7 Å². The Labute approximate surface area is 129 Å². The lowest BCUT2D eigenvalue weighted by atomic mass is 10.0. The van der Waals surface area contributed by atoms with Crippen LogP contribution in [0, 0.1) is 21.8 Å². The second kappa shape index (κ2) is 7.64. The maximum absolute atomic E-state index is 13.3. The molecule has 0 aliphatic rings. The van der Waals surface area contributed by atoms with Crippen LogP contribution in [0.2, 0.25) is 0 Å². The van der Waals surface area contributed by atoms with Gasteiger partial charge in [-0.2, -0.15) is 4.39 Å². The van der Waals surface area contributed by atoms with Gasteiger partial charge in [-0.1, -0.05) is 26.7 Å². The topological polar surface area (TPSA) is 89.3 Å². The van der Waals surface area contributed by atoms with Gasteiger partial charge in [0.25, 0.3) is 0 Å². The second-order valence-corrected chi connectivity index (χ2v) is 7.43. The summed E-state index contributed by atoms with van der Waals surface area (Å²) < 4.78 is 40.1. The standard InChI is InChI=1S/C14H21FN2O4S/c1-10(2)5-4-6-11(3)16-22(20,21)12-7-8-13(15)14(9-12)17(18)19/h7-11,16H,4-6H2,1-3H3/t11-/m1/s1. The fourth-order valence-corrected chi connectivity index (χ4v) is 3.32. The number of rotatable bonds is 8. The molecule has 0 aliphatic carbocycles. The Morgan fingerprint density at radius 3 is 2.45 bits per heavy atom. The molecule has 124 valence electrons. The van der Waals surface area contributed by atoms with E-state index in [1.165, 1.54) is 0 Å². The maximum atomic E-state index is 13.3. The SMILES string of the molecule is CC(C)CCC[C@@H](C)NS(=O)(=O)c1ccc(F)c([N+](=O)[O-])c1. The number of halogens is 1. The first kappa shape index (κ1) is 18.5. The molecule has 0 aliphatic heterocycles. The fraction of sp³-hybridized carbons (Fsp3) is 0.571. The van der Waals surface area contributed by atoms with Gasteiger partial charge in [-0.15, -0.1) is 0 Å². The summed E-state index contributed by atoms with van der Waals surface area (Å²) in [6, 6.07) is 2.24. The van der Waals surface area contributed by atoms with Gasteiger partial charge in [0.2, 0.25) is 15.8 Å². The summed E-state index contributed by atoms with van der Waals surface area (Å²) in [6.45, 7) is 5.91. The molecule has 0 fully saturated rings. The highest BCUT2D eigenvalue weighted by atomic mass is 32.2. The average molecular weight is 332 g/mol. The van der Waals surface area contributed by atoms with Crippen molar-refractivity contribution in [3.05, 3.63) is 34.1 Å². The predicted octanol–water partition coefficient (Wildman–Crippen LogP) is 3.23. The van der Waals surface area contributed by atoms with E-state index >= 15 is 0 Å². The molecule has 0 radical (unpaired) electrons. The quantitative estimate of drug-likeness (QED) is 0.584. The zero-order valence-corrected chi connectivity index (χ0v) is 13.7. The van der Waals surface area contributed by atoms with E-state index in [0.29, 0.717) is 12.3 Å². The highest BCUT2D eigenvalue weighted by Crippen LogP contribution is 2.22. The smallest absolute Gasteiger partial charge is 0.258 e. The molecule has 0 aromatic heterocycles. The Morgan fingerprint density at radius 1 is 1.27 bits per heavy atom. The second-order valence-electron chi connectivity index (χ2n) is 5.72. The maximum Gasteiger partial charge on any atom is 0.306 e. The number of nitro groups is 1. The van der Waals surface area contributed by atoms with Crippen LogP contribution in [-0.2, 0) is 10.0 Å². The first-order chi connectivity index (χ1) is 10.1. The lowest BCUT2D eigenvalue weighted by Gasteiger charge is -2.14. The van der Waals surface area contributed by atoms with Crippen LogP contribution >= 0.6 is 0 Å². The van der Waals surface area contributed by atoms with Crippen LogP contribution in [0.15, 0.2) is 23.1 Å². The summed E-state index contributed by atoms with van der Waals surface area (Å²) in [5.41, 5.74) is -0.852. The molecule has 1 aromatic rings. The molecule has 1 N–H and O–H groups in total. The zero-order chi connectivity index (χ0) is 16.9. The van der Waals surface area contributed by atoms with Crippen LogP contribution in [0.4, 0.5) is 10.1 Å². The molecule has 8 heteroatoms. The summed E-state index contributed by atoms with van der Waals surface area (Å²) in [5, 5.41) is 10.7. The van der Waals surface area contributed by atoms with E-state index in [2.05, 4.69) is 18.6 Å². The van der Waals surface area contributed by atoms with Gasteiger partial charge in [0.1, 0.15) is 0 Å². The van der Waals surface area contributed by atoms with Crippen molar-refractivity contribution in [2.45, 2.75) is 51.0 Å². The zero-order valence-electron chi connectivity index (χ0n) is 12.9. The summed E-state index contributed by atoms with van der Waals surface area (Å²) in [4.78, 5) is 9.43. The van der Waals surface area contributed by atoms with Crippen LogP contribution in [0.3, 0.4) is 0 Å². The van der Waals surface area contributed by atoms with Crippen LogP contribution < -0.4 is 4.72 Å². The van der Waals surface area contributed by atoms with E-state index in [9.17, 15) is 22.9 Å². The normalized spacial score (nSPS) is 13.3. The molecule has 0 saturated carbocycles. The van der Waals surface area contributed by atoms with Crippen molar-refractivity contribution in [2.75, 3.05) is 0 Å². The molecule has 1 rings (SSSR count). The van der Waals surface area contributed by atoms with Crippen molar-refractivity contribution in [3.63, 3.8) is 0 Å². The monoisotopic (exact) mass is 332 g/mol. The van der Waals surface area contributed by atoms with Crippen molar-refractivity contribution in [3.8, 4) is 0 Å². The van der Waals surface area contributed by atoms with E-state index < -0.39 is 26.5 Å². The molecule has 6 nitrogen and oxygen atoms in total. The third-order valence-electron chi connectivity index (χ3n) is 3.20. The van der Waals surface area contributed by atoms with Gasteiger partial charge in [0.05, 0.1) is 9.82 Å². The molecule has 0 bridgehead atoms. The molecular formula is C14H21FN2O4S. The molecule has 0 spiro atoms. The van der Waals surface area contributed by atoms with E-state index in [4.69, 9.17) is 0 Å². The molecule has 1 atom stereocenters. The number of nitrogens with zero attached hydrogens (tertiary/aromatic N) is 1. The molecule has 22 heavy (non-hydrogen) atoms. The van der Waals surface area contributed by atoms with Gasteiger partial charge in [-0.3, -0.25) is 10.1 Å². The van der Waals surface area contributed by atoms with Gasteiger partial charge in [0.15, 0.2) is 0 Å². The lowest BCUT2D eigenvalue weighted by Crippen LogP contribution is -2.32. The molecule has 0 heterocycles. The van der Waals surface area contributed by atoms with E-state index in [-0.39, 0.29) is 10.9 Å². The molecule has 0 unspecified atom stereocenters. The van der Waals surface area contributed by atoms with Gasteiger partial charge in [-0.25, -0.2) is 13.1 Å². The largest absolute Gasteiger partial charge is 0.306 e. The number of sulfonamides is 1. The first-order valence-electron chi connectivity index (χ1n) is 7.09. The minimum atomic E-state index is -3.90. The third-order valence-corrected chi connectivity index (χ3v) is 4.79. The fourth-order valence-electron chi connectivity index (χ4n) is 2.02. The average Bonchev–Trinajstić information content (AvgIpc) is 2.37. The van der Waals surface area contributed by atoms with Crippen molar-refractivity contribution in [2.24, 2.45) is 5.92 Å². The highest BCUT2D eigenvalue weighted by Gasteiger charge is 2.22. The van der Waals surface area contributed by atoms with E-state index in [1.807, 2.05) is 0 Å². The Hall–Kier alpha value is -1.54. The number of hydrogen-bond donors (Lipinski definition) is 1. The molecular weight excluding hydrogens is 311 g/mol. The summed E-state index contributed by atoms with van der Waals surface area (Å²) in [5.74, 6) is -0.516. The number of benzene rings is 1. The lowest BCUT2D eigenvalue weighted by molar-refractivity contribution is -0.387. The van der Waals surface area contributed by atoms with E-state index in [0.717, 1.165) is 31.0 Å². The summed E-state index contributed by atoms with van der Waals surface area (Å²) in [7, 11) is -3.90. The van der Waals surface area contributed by atoms with Crippen LogP contribution in [-0.4, -0.2) is 19.4 Å². The number of hydrogen-bond acceptors (Lipinski definition) is 4. The summed E-state index contributed by atoms with van der Waals surface area (Å²) >= 11 is 0. The van der Waals surface area contributed by atoms with Gasteiger partial charge in [0, 0.05) is 12.1 Å². The van der Waals surface area contributed by atoms with Crippen molar-refractivity contribution in [1.82, 2.24) is 4.72 Å². The predicted molar refractivity (Wildman–Crippen MR) is 81.5 cm³/mol. The molecule has 0 amide bonds. The van der Waals surface area contributed by atoms with Crippen molar-refractivity contribution >= 4 is 15.7 Å². The van der Waals surface area contributed by atoms with Gasteiger partial charge >= 0.3 is 5.69 Å². The molecule has 0 saturated heterocycles. The Balaban J connectivity index is 2.82. The first-order valence-corrected chi connectivity index (χ1v) is 8.58. The Kier molecular flexibility index (Phi) is 6.43. The Bertz CT molecular complexity index is 632. The third kappa shape index (κ3) is 5.34. The van der Waals surface area contributed by atoms with Gasteiger partial charge < -0.3 is 0 Å².